The van der Waals surface area contributed by atoms with Gasteiger partial charge in [0.1, 0.15) is 0 Å². The second-order valence-corrected chi connectivity index (χ2v) is 4.56. The average Bonchev–Trinajstić information content (AvgIpc) is 2.41. The van der Waals surface area contributed by atoms with E-state index in [0.29, 0.717) is 6.54 Å². The van der Waals surface area contributed by atoms with Crippen molar-refractivity contribution in [3.05, 3.63) is 24.3 Å². The van der Waals surface area contributed by atoms with E-state index in [1.54, 1.807) is 0 Å². The first-order valence-electron chi connectivity index (χ1n) is 6.61. The summed E-state index contributed by atoms with van der Waals surface area (Å²) in [5.74, 6) is 0. The van der Waals surface area contributed by atoms with Crippen LogP contribution in [0.4, 0.5) is 0 Å². The van der Waals surface area contributed by atoms with E-state index in [-0.39, 0.29) is 6.61 Å². The molecule has 0 saturated heterocycles. The zero-order valence-corrected chi connectivity index (χ0v) is 10.8. The molecule has 4 heteroatoms. The third kappa shape index (κ3) is 4.20. The van der Waals surface area contributed by atoms with Gasteiger partial charge in [-0.05, 0) is 25.0 Å². The first-order valence-corrected chi connectivity index (χ1v) is 6.61. The van der Waals surface area contributed by atoms with Gasteiger partial charge in [-0.15, -0.1) is 0 Å². The predicted molar refractivity (Wildman–Crippen MR) is 75.6 cm³/mol. The van der Waals surface area contributed by atoms with Gasteiger partial charge in [-0.3, -0.25) is 14.9 Å². The van der Waals surface area contributed by atoms with Crippen molar-refractivity contribution in [2.24, 2.45) is 9.98 Å². The van der Waals surface area contributed by atoms with Crippen molar-refractivity contribution in [1.29, 1.82) is 0 Å². The number of hydrogen-bond donors (Lipinski definition) is 1. The molecule has 0 aromatic rings. The van der Waals surface area contributed by atoms with Crippen LogP contribution in [0.1, 0.15) is 12.8 Å². The van der Waals surface area contributed by atoms with Crippen LogP contribution in [0.2, 0.25) is 0 Å². The Morgan fingerprint density at radius 2 is 1.56 bits per heavy atom. The van der Waals surface area contributed by atoms with Crippen LogP contribution in [0.5, 0.6) is 0 Å². The number of nitrogens with zero attached hydrogens (tertiary/aromatic N) is 3. The lowest BCUT2D eigenvalue weighted by Gasteiger charge is -2.22. The fourth-order valence-corrected chi connectivity index (χ4v) is 2.13. The van der Waals surface area contributed by atoms with Crippen LogP contribution in [0.15, 0.2) is 34.3 Å². The van der Waals surface area contributed by atoms with Crippen molar-refractivity contribution in [3.63, 3.8) is 0 Å². The maximum atomic E-state index is 9.14. The van der Waals surface area contributed by atoms with Crippen LogP contribution < -0.4 is 0 Å². The number of hydrogen-bond acceptors (Lipinski definition) is 4. The Balaban J connectivity index is 1.90. The molecule has 0 atom stereocenters. The van der Waals surface area contributed by atoms with Gasteiger partial charge in [0, 0.05) is 44.1 Å². The van der Waals surface area contributed by atoms with E-state index in [4.69, 9.17) is 5.11 Å². The van der Waals surface area contributed by atoms with Crippen molar-refractivity contribution >= 4 is 11.4 Å². The summed E-state index contributed by atoms with van der Waals surface area (Å²) in [6.07, 6.45) is 10.6. The Morgan fingerprint density at radius 1 is 1.00 bits per heavy atom. The number of dihydropyridines is 2. The molecule has 2 heterocycles. The van der Waals surface area contributed by atoms with Crippen LogP contribution >= 0.6 is 0 Å². The fourth-order valence-electron chi connectivity index (χ4n) is 2.13. The monoisotopic (exact) mass is 247 g/mol. The molecule has 2 rings (SSSR count). The summed E-state index contributed by atoms with van der Waals surface area (Å²) in [6, 6.07) is 0. The minimum absolute atomic E-state index is 0.175. The highest BCUT2D eigenvalue weighted by Crippen LogP contribution is 2.02. The summed E-state index contributed by atoms with van der Waals surface area (Å²) in [4.78, 5) is 11.2. The van der Waals surface area contributed by atoms with E-state index in [0.717, 1.165) is 50.4 Å². The van der Waals surface area contributed by atoms with Gasteiger partial charge in [0.15, 0.2) is 0 Å². The van der Waals surface area contributed by atoms with Crippen LogP contribution in [-0.2, 0) is 0 Å². The predicted octanol–water partition coefficient (Wildman–Crippen LogP) is 1.08. The molecule has 2 aliphatic heterocycles. The van der Waals surface area contributed by atoms with Gasteiger partial charge in [-0.1, -0.05) is 12.2 Å². The Bertz CT molecular complexity index is 349. The number of aliphatic hydroxyl groups excluding tert-OH is 1. The highest BCUT2D eigenvalue weighted by Gasteiger charge is 2.11. The van der Waals surface area contributed by atoms with E-state index in [1.807, 2.05) is 0 Å². The molecule has 1 N–H and O–H groups in total. The number of aliphatic hydroxyl groups is 1. The topological polar surface area (TPSA) is 48.2 Å². The first-order chi connectivity index (χ1) is 8.88. The van der Waals surface area contributed by atoms with Crippen molar-refractivity contribution in [2.75, 3.05) is 39.3 Å². The summed E-state index contributed by atoms with van der Waals surface area (Å²) < 4.78 is 0. The molecule has 0 radical (unpaired) electrons. The molecule has 0 saturated carbocycles. The number of rotatable bonds is 6. The SMILES string of the molecule is OCCN(CC1=NCCC=C1)CC1=NCCC=C1. The Kier molecular flexibility index (Phi) is 5.30. The maximum Gasteiger partial charge on any atom is 0.0558 e. The normalized spacial score (nSPS) is 19.0. The summed E-state index contributed by atoms with van der Waals surface area (Å²) >= 11 is 0. The van der Waals surface area contributed by atoms with Crippen LogP contribution in [-0.4, -0.2) is 60.8 Å². The molecule has 0 amide bonds. The van der Waals surface area contributed by atoms with Gasteiger partial charge in [0.05, 0.1) is 6.61 Å². The van der Waals surface area contributed by atoms with E-state index >= 15 is 0 Å². The summed E-state index contributed by atoms with van der Waals surface area (Å²) in [7, 11) is 0. The van der Waals surface area contributed by atoms with Gasteiger partial charge in [-0.25, -0.2) is 0 Å². The van der Waals surface area contributed by atoms with Gasteiger partial charge in [0.2, 0.25) is 0 Å². The Hall–Kier alpha value is -1.26. The second kappa shape index (κ2) is 7.24. The molecule has 0 unspecified atom stereocenters. The lowest BCUT2D eigenvalue weighted by atomic mass is 10.2. The quantitative estimate of drug-likeness (QED) is 0.763. The minimum atomic E-state index is 0.175. The zero-order valence-electron chi connectivity index (χ0n) is 10.8. The fraction of sp³-hybridized carbons (Fsp3) is 0.571. The molecule has 0 aromatic carbocycles. The van der Waals surface area contributed by atoms with E-state index < -0.39 is 0 Å². The average molecular weight is 247 g/mol. The summed E-state index contributed by atoms with van der Waals surface area (Å²) in [6.45, 7) is 4.21. The number of aliphatic imine (C=N–C) groups is 2. The molecule has 0 aliphatic carbocycles. The molecule has 0 spiro atoms. The molecule has 0 fully saturated rings. The summed E-state index contributed by atoms with van der Waals surface area (Å²) in [5.41, 5.74) is 2.21. The van der Waals surface area contributed by atoms with E-state index in [9.17, 15) is 0 Å². The van der Waals surface area contributed by atoms with Gasteiger partial charge in [0.25, 0.3) is 0 Å². The molecule has 0 bridgehead atoms. The molecular weight excluding hydrogens is 226 g/mol. The smallest absolute Gasteiger partial charge is 0.0558 e. The van der Waals surface area contributed by atoms with Crippen LogP contribution in [0, 0.1) is 0 Å². The van der Waals surface area contributed by atoms with Crippen LogP contribution in [0.3, 0.4) is 0 Å². The lowest BCUT2D eigenvalue weighted by molar-refractivity contribution is 0.227. The molecule has 0 aromatic heterocycles. The summed E-state index contributed by atoms with van der Waals surface area (Å²) in [5, 5.41) is 9.14. The van der Waals surface area contributed by atoms with Gasteiger partial charge < -0.3 is 5.11 Å². The van der Waals surface area contributed by atoms with E-state index in [1.165, 1.54) is 0 Å². The Morgan fingerprint density at radius 3 is 1.94 bits per heavy atom. The minimum Gasteiger partial charge on any atom is -0.395 e. The van der Waals surface area contributed by atoms with Crippen molar-refractivity contribution < 1.29 is 5.11 Å². The third-order valence-corrected chi connectivity index (χ3v) is 3.03. The molecule has 4 nitrogen and oxygen atoms in total. The van der Waals surface area contributed by atoms with Crippen LogP contribution in [0.25, 0.3) is 0 Å². The van der Waals surface area contributed by atoms with Gasteiger partial charge >= 0.3 is 0 Å². The Labute approximate surface area is 108 Å². The van der Waals surface area contributed by atoms with E-state index in [2.05, 4.69) is 39.2 Å². The standard InChI is InChI=1S/C14H21N3O/c18-10-9-17(11-13-5-1-3-7-15-13)12-14-6-2-4-8-16-14/h1-2,5-6,18H,3-4,7-12H2. The zero-order chi connectivity index (χ0) is 12.6. The van der Waals surface area contributed by atoms with Crippen molar-refractivity contribution in [3.8, 4) is 0 Å². The second-order valence-electron chi connectivity index (χ2n) is 4.56. The molecule has 98 valence electrons. The molecule has 18 heavy (non-hydrogen) atoms. The third-order valence-electron chi connectivity index (χ3n) is 3.03. The highest BCUT2D eigenvalue weighted by molar-refractivity contribution is 5.99. The van der Waals surface area contributed by atoms with Crippen molar-refractivity contribution in [2.45, 2.75) is 12.8 Å². The maximum absolute atomic E-state index is 9.14. The lowest BCUT2D eigenvalue weighted by Crippen LogP contribution is -2.36. The highest BCUT2D eigenvalue weighted by atomic mass is 16.3. The van der Waals surface area contributed by atoms with Crippen molar-refractivity contribution in [1.82, 2.24) is 4.90 Å². The largest absolute Gasteiger partial charge is 0.395 e. The molecule has 2 aliphatic rings. The molecular formula is C14H21N3O. The first kappa shape index (κ1) is 13.2. The van der Waals surface area contributed by atoms with Gasteiger partial charge in [-0.2, -0.15) is 0 Å².